The summed E-state index contributed by atoms with van der Waals surface area (Å²) in [6.45, 7) is 11.8. The summed E-state index contributed by atoms with van der Waals surface area (Å²) in [5.41, 5.74) is 0. The van der Waals surface area contributed by atoms with Crippen LogP contribution in [0.2, 0.25) is 0 Å². The molecule has 0 aromatic carbocycles. The summed E-state index contributed by atoms with van der Waals surface area (Å²) in [5.74, 6) is 0.448. The lowest BCUT2D eigenvalue weighted by Crippen LogP contribution is -2.52. The zero-order valence-corrected chi connectivity index (χ0v) is 14.4. The van der Waals surface area contributed by atoms with E-state index in [2.05, 4.69) is 27.7 Å². The predicted octanol–water partition coefficient (Wildman–Crippen LogP) is 2.41. The van der Waals surface area contributed by atoms with Gasteiger partial charge in [0, 0.05) is 19.8 Å². The first-order valence-electron chi connectivity index (χ1n) is 7.73. The van der Waals surface area contributed by atoms with Crippen LogP contribution in [0.15, 0.2) is 0 Å². The molecular formula is C14H30O5Si. The van der Waals surface area contributed by atoms with Gasteiger partial charge in [0.25, 0.3) is 0 Å². The smallest absolute Gasteiger partial charge is 0.374 e. The van der Waals surface area contributed by atoms with Gasteiger partial charge >= 0.3 is 8.80 Å². The Balaban J connectivity index is 2.50. The second kappa shape index (κ2) is 9.86. The molecule has 0 aliphatic carbocycles. The molecule has 0 spiro atoms. The molecular weight excluding hydrogens is 276 g/mol. The average Bonchev–Trinajstić information content (AvgIpc) is 3.24. The minimum Gasteiger partial charge on any atom is -0.374 e. The summed E-state index contributed by atoms with van der Waals surface area (Å²) in [4.78, 5) is 0. The fraction of sp³-hybridized carbons (Fsp3) is 1.00. The van der Waals surface area contributed by atoms with Crippen LogP contribution in [0.4, 0.5) is 0 Å². The fourth-order valence-electron chi connectivity index (χ4n) is 1.54. The van der Waals surface area contributed by atoms with Gasteiger partial charge in [-0.3, -0.25) is 0 Å². The fourth-order valence-corrected chi connectivity index (χ4v) is 4.02. The van der Waals surface area contributed by atoms with Crippen LogP contribution in [0, 0.1) is 5.92 Å². The van der Waals surface area contributed by atoms with Crippen LogP contribution < -0.4 is 0 Å². The zero-order chi connectivity index (χ0) is 14.8. The maximum Gasteiger partial charge on any atom is 0.528 e. The Morgan fingerprint density at radius 2 is 1.70 bits per heavy atom. The Labute approximate surface area is 124 Å². The minimum absolute atomic E-state index is 0.254. The molecule has 1 rings (SSSR count). The van der Waals surface area contributed by atoms with Gasteiger partial charge in [0.1, 0.15) is 12.3 Å². The van der Waals surface area contributed by atoms with Crippen LogP contribution in [0.1, 0.15) is 40.5 Å². The summed E-state index contributed by atoms with van der Waals surface area (Å²) in [5, 5.41) is 0. The SMILES string of the molecule is CCCO[Si](COCC1CO1)(OCCC)OCC(C)C. The van der Waals surface area contributed by atoms with Crippen LogP contribution in [-0.4, -0.2) is 54.2 Å². The van der Waals surface area contributed by atoms with Crippen molar-refractivity contribution in [2.24, 2.45) is 5.92 Å². The molecule has 1 unspecified atom stereocenters. The molecule has 0 saturated carbocycles. The molecule has 0 bridgehead atoms. The standard InChI is InChI=1S/C14H30O5Si/c1-5-7-17-20(18-8-6-2,19-9-13(3)4)12-15-10-14-11-16-14/h13-14H,5-12H2,1-4H3. The molecule has 1 fully saturated rings. The number of epoxide rings is 1. The lowest BCUT2D eigenvalue weighted by atomic mass is 10.2. The van der Waals surface area contributed by atoms with Gasteiger partial charge in [-0.15, -0.1) is 0 Å². The maximum atomic E-state index is 6.03. The molecule has 20 heavy (non-hydrogen) atoms. The molecule has 6 heteroatoms. The Bertz CT molecular complexity index is 238. The van der Waals surface area contributed by atoms with E-state index in [1.807, 2.05) is 0 Å². The van der Waals surface area contributed by atoms with Crippen LogP contribution >= 0.6 is 0 Å². The Morgan fingerprint density at radius 1 is 1.10 bits per heavy atom. The second-order valence-corrected chi connectivity index (χ2v) is 8.08. The van der Waals surface area contributed by atoms with Gasteiger partial charge in [0.2, 0.25) is 0 Å². The molecule has 1 heterocycles. The third kappa shape index (κ3) is 7.71. The van der Waals surface area contributed by atoms with Crippen molar-refractivity contribution in [3.63, 3.8) is 0 Å². The summed E-state index contributed by atoms with van der Waals surface area (Å²) in [6, 6.07) is 0. The average molecular weight is 306 g/mol. The monoisotopic (exact) mass is 306 g/mol. The molecule has 0 aromatic heterocycles. The van der Waals surface area contributed by atoms with E-state index in [0.29, 0.717) is 38.6 Å². The normalized spacial score (nSPS) is 18.8. The van der Waals surface area contributed by atoms with Gasteiger partial charge in [-0.05, 0) is 18.8 Å². The van der Waals surface area contributed by atoms with E-state index < -0.39 is 8.80 Å². The highest BCUT2D eigenvalue weighted by Gasteiger charge is 2.42. The van der Waals surface area contributed by atoms with Crippen LogP contribution in [0.3, 0.4) is 0 Å². The third-order valence-electron chi connectivity index (χ3n) is 2.67. The second-order valence-electron chi connectivity index (χ2n) is 5.56. The van der Waals surface area contributed by atoms with Crippen molar-refractivity contribution >= 4 is 8.80 Å². The van der Waals surface area contributed by atoms with Crippen molar-refractivity contribution < 1.29 is 22.8 Å². The van der Waals surface area contributed by atoms with Crippen LogP contribution in [0.25, 0.3) is 0 Å². The molecule has 1 atom stereocenters. The van der Waals surface area contributed by atoms with E-state index in [4.69, 9.17) is 22.8 Å². The Morgan fingerprint density at radius 3 is 2.15 bits per heavy atom. The Kier molecular flexibility index (Phi) is 8.91. The van der Waals surface area contributed by atoms with Crippen molar-refractivity contribution in [1.82, 2.24) is 0 Å². The van der Waals surface area contributed by atoms with Crippen molar-refractivity contribution in [2.75, 3.05) is 39.3 Å². The minimum atomic E-state index is -2.72. The third-order valence-corrected chi connectivity index (χ3v) is 5.13. The highest BCUT2D eigenvalue weighted by atomic mass is 28.4. The number of ether oxygens (including phenoxy) is 2. The predicted molar refractivity (Wildman–Crippen MR) is 79.6 cm³/mol. The summed E-state index contributed by atoms with van der Waals surface area (Å²) in [7, 11) is -2.72. The quantitative estimate of drug-likeness (QED) is 0.386. The molecule has 0 amide bonds. The van der Waals surface area contributed by atoms with E-state index >= 15 is 0 Å². The lowest BCUT2D eigenvalue weighted by Gasteiger charge is -2.30. The van der Waals surface area contributed by atoms with Gasteiger partial charge in [-0.1, -0.05) is 27.7 Å². The topological polar surface area (TPSA) is 49.5 Å². The van der Waals surface area contributed by atoms with E-state index in [-0.39, 0.29) is 6.10 Å². The maximum absolute atomic E-state index is 6.03. The molecule has 5 nitrogen and oxygen atoms in total. The lowest BCUT2D eigenvalue weighted by molar-refractivity contribution is 0.0140. The summed E-state index contributed by atoms with van der Waals surface area (Å²) in [6.07, 6.45) is 2.56. The van der Waals surface area contributed by atoms with Gasteiger partial charge in [0.15, 0.2) is 0 Å². The first-order chi connectivity index (χ1) is 9.62. The molecule has 0 radical (unpaired) electrons. The van der Waals surface area contributed by atoms with Crippen LogP contribution in [-0.2, 0) is 22.8 Å². The van der Waals surface area contributed by atoms with Gasteiger partial charge in [0.05, 0.1) is 13.2 Å². The highest BCUT2D eigenvalue weighted by Crippen LogP contribution is 2.16. The van der Waals surface area contributed by atoms with Gasteiger partial charge in [-0.2, -0.15) is 0 Å². The molecule has 0 N–H and O–H groups in total. The first-order valence-corrected chi connectivity index (χ1v) is 9.66. The van der Waals surface area contributed by atoms with E-state index in [1.165, 1.54) is 0 Å². The number of hydrogen-bond donors (Lipinski definition) is 0. The number of hydrogen-bond acceptors (Lipinski definition) is 5. The zero-order valence-electron chi connectivity index (χ0n) is 13.4. The van der Waals surface area contributed by atoms with Crippen LogP contribution in [0.5, 0.6) is 0 Å². The van der Waals surface area contributed by atoms with Crippen molar-refractivity contribution in [1.29, 1.82) is 0 Å². The molecule has 1 aliphatic heterocycles. The molecule has 0 aromatic rings. The van der Waals surface area contributed by atoms with Gasteiger partial charge in [-0.25, -0.2) is 0 Å². The first kappa shape index (κ1) is 18.1. The number of rotatable bonds is 13. The van der Waals surface area contributed by atoms with Crippen molar-refractivity contribution in [3.05, 3.63) is 0 Å². The largest absolute Gasteiger partial charge is 0.528 e. The highest BCUT2D eigenvalue weighted by molar-refractivity contribution is 6.60. The van der Waals surface area contributed by atoms with Gasteiger partial charge < -0.3 is 22.8 Å². The van der Waals surface area contributed by atoms with E-state index in [9.17, 15) is 0 Å². The summed E-state index contributed by atoms with van der Waals surface area (Å²) >= 11 is 0. The summed E-state index contributed by atoms with van der Waals surface area (Å²) < 4.78 is 28.8. The van der Waals surface area contributed by atoms with Crippen molar-refractivity contribution in [3.8, 4) is 0 Å². The molecule has 120 valence electrons. The van der Waals surface area contributed by atoms with E-state index in [1.54, 1.807) is 0 Å². The van der Waals surface area contributed by atoms with E-state index in [0.717, 1.165) is 19.4 Å². The van der Waals surface area contributed by atoms with Crippen molar-refractivity contribution in [2.45, 2.75) is 46.6 Å². The Hall–Kier alpha value is 0.0169. The molecule has 1 aliphatic rings. The molecule has 1 saturated heterocycles.